The van der Waals surface area contributed by atoms with Crippen LogP contribution in [0.3, 0.4) is 0 Å². The maximum Gasteiger partial charge on any atom is 0.407 e. The standard InChI is InChI=1S/C46H60ClN6O12PS2/c1-31(2)29-63-44(57)49-38(25-45(4,5)42(67(59)60)68(61)62)41(55)48-36-21-23-52(24-22-36)66(47,58)64-30-37-27-51(28-39(65-37)53-26-32(3)40(54)50-43(53)56)46(33-15-9-6-10-16-33,34-17-11-7-12-18-34)35-19-13-8-14-20-35/h6-20,26,31,36-39,42H,21-25,27-30H2,1-5H3,(H,48,55)(H,49,57)(H,59,60)(H,61,62)(H,50,54,56)/p-2/t37-,38?,39+,66?/m0/s1. The third-order valence-corrected chi connectivity index (χ3v) is 17.5. The highest BCUT2D eigenvalue weighted by Crippen LogP contribution is 2.57. The van der Waals surface area contributed by atoms with E-state index in [1.54, 1.807) is 6.92 Å². The van der Waals surface area contributed by atoms with Gasteiger partial charge in [0.15, 0.2) is 6.23 Å². The van der Waals surface area contributed by atoms with Crippen LogP contribution in [0.15, 0.2) is 107 Å². The number of benzene rings is 3. The molecule has 4 unspecified atom stereocenters. The molecule has 2 fully saturated rings. The molecule has 3 heterocycles. The predicted octanol–water partition coefficient (Wildman–Crippen LogP) is 5.23. The summed E-state index contributed by atoms with van der Waals surface area (Å²) in [6.45, 7) is 4.28. The van der Waals surface area contributed by atoms with Crippen LogP contribution in [-0.2, 0) is 51.1 Å². The van der Waals surface area contributed by atoms with Crippen LogP contribution in [-0.4, -0.2) is 111 Å². The minimum absolute atomic E-state index is 0.0236. The van der Waals surface area contributed by atoms with E-state index in [9.17, 15) is 41.3 Å². The van der Waals surface area contributed by atoms with Crippen molar-refractivity contribution in [2.45, 2.75) is 88.4 Å². The van der Waals surface area contributed by atoms with E-state index in [-0.39, 0.29) is 64.6 Å². The molecule has 6 rings (SSSR count). The highest BCUT2D eigenvalue weighted by atomic mass is 35.7. The quantitative estimate of drug-likeness (QED) is 0.0619. The fourth-order valence-corrected chi connectivity index (χ4v) is 12.5. The Kier molecular flexibility index (Phi) is 18.0. The monoisotopic (exact) mass is 1020 g/mol. The number of nitrogens with zero attached hydrogens (tertiary/aromatic N) is 3. The number of amides is 2. The van der Waals surface area contributed by atoms with Gasteiger partial charge in [-0.05, 0) is 87.6 Å². The van der Waals surface area contributed by atoms with Crippen molar-refractivity contribution in [3.05, 3.63) is 140 Å². The van der Waals surface area contributed by atoms with Crippen molar-refractivity contribution >= 4 is 52.3 Å². The summed E-state index contributed by atoms with van der Waals surface area (Å²) >= 11 is 0.674. The lowest BCUT2D eigenvalue weighted by Crippen LogP contribution is -2.58. The third kappa shape index (κ3) is 12.7. The number of halogens is 1. The minimum Gasteiger partial charge on any atom is -0.771 e. The second kappa shape index (κ2) is 23.1. The van der Waals surface area contributed by atoms with Crippen molar-refractivity contribution in [2.75, 3.05) is 39.4 Å². The first-order valence-electron chi connectivity index (χ1n) is 22.2. The molecule has 6 atom stereocenters. The molecule has 18 nitrogen and oxygen atoms in total. The molecule has 3 aromatic carbocycles. The van der Waals surface area contributed by atoms with Gasteiger partial charge in [0.25, 0.3) is 5.56 Å². The number of aryl methyl sites for hydroxylation is 1. The molecular weight excluding hydrogens is 959 g/mol. The summed E-state index contributed by atoms with van der Waals surface area (Å²) in [5.74, 6) is -0.720. The van der Waals surface area contributed by atoms with Gasteiger partial charge >= 0.3 is 18.7 Å². The highest BCUT2D eigenvalue weighted by molar-refractivity contribution is 7.97. The van der Waals surface area contributed by atoms with E-state index in [0.717, 1.165) is 16.7 Å². The van der Waals surface area contributed by atoms with Gasteiger partial charge in [0, 0.05) is 44.0 Å². The number of carbonyl (C=O) groups excluding carboxylic acids is 2. The Balaban J connectivity index is 1.21. The van der Waals surface area contributed by atoms with Crippen molar-refractivity contribution in [1.82, 2.24) is 29.8 Å². The van der Waals surface area contributed by atoms with E-state index in [1.807, 2.05) is 105 Å². The lowest BCUT2D eigenvalue weighted by molar-refractivity contribution is -0.148. The number of morpholine rings is 1. The van der Waals surface area contributed by atoms with Crippen molar-refractivity contribution in [3.63, 3.8) is 0 Å². The maximum absolute atomic E-state index is 14.3. The lowest BCUT2D eigenvalue weighted by Gasteiger charge is -2.50. The zero-order valence-corrected chi connectivity index (χ0v) is 41.7. The summed E-state index contributed by atoms with van der Waals surface area (Å²) in [7, 11) is 0. The predicted molar refractivity (Wildman–Crippen MR) is 256 cm³/mol. The molecule has 0 saturated carbocycles. The first kappa shape index (κ1) is 53.0. The minimum atomic E-state index is -4.07. The summed E-state index contributed by atoms with van der Waals surface area (Å²) in [4.78, 5) is 57.1. The summed E-state index contributed by atoms with van der Waals surface area (Å²) in [6.07, 6.45) is -1.14. The van der Waals surface area contributed by atoms with Crippen LogP contribution >= 0.6 is 18.1 Å². The average Bonchev–Trinajstić information content (AvgIpc) is 3.29. The zero-order chi connectivity index (χ0) is 49.4. The molecule has 3 N–H and O–H groups in total. The molecule has 0 bridgehead atoms. The molecule has 2 aliphatic rings. The van der Waals surface area contributed by atoms with Crippen LogP contribution in [0.1, 0.15) is 75.4 Å². The molecule has 22 heteroatoms. The maximum atomic E-state index is 14.3. The Bertz CT molecular complexity index is 2460. The van der Waals surface area contributed by atoms with Crippen LogP contribution in [0.5, 0.6) is 0 Å². The smallest absolute Gasteiger partial charge is 0.407 e. The third-order valence-electron chi connectivity index (χ3n) is 12.1. The number of piperidine rings is 1. The number of hydrogen-bond donors (Lipinski definition) is 3. The van der Waals surface area contributed by atoms with E-state index in [1.165, 1.54) is 29.3 Å². The molecule has 1 aromatic heterocycles. The normalized spacial score (nSPS) is 20.4. The first-order chi connectivity index (χ1) is 32.2. The number of aromatic amines is 1. The number of rotatable bonds is 19. The topological polar surface area (TPSA) is 245 Å². The van der Waals surface area contributed by atoms with E-state index >= 15 is 0 Å². The number of aromatic nitrogens is 2. The number of nitrogens with one attached hydrogen (secondary N) is 3. The van der Waals surface area contributed by atoms with Gasteiger partial charge in [-0.15, -0.1) is 0 Å². The summed E-state index contributed by atoms with van der Waals surface area (Å²) in [5.41, 5.74) is -0.579. The molecule has 0 aliphatic carbocycles. The van der Waals surface area contributed by atoms with Gasteiger partial charge in [0.05, 0.1) is 29.4 Å². The second-order valence-electron chi connectivity index (χ2n) is 18.1. The van der Waals surface area contributed by atoms with Crippen molar-refractivity contribution in [1.29, 1.82) is 0 Å². The Morgan fingerprint density at radius 1 is 0.912 bits per heavy atom. The number of ether oxygens (including phenoxy) is 2. The van der Waals surface area contributed by atoms with Gasteiger partial charge in [0.2, 0.25) is 5.91 Å². The van der Waals surface area contributed by atoms with Crippen molar-refractivity contribution in [2.24, 2.45) is 11.3 Å². The summed E-state index contributed by atoms with van der Waals surface area (Å²) in [6, 6.07) is 27.9. The van der Waals surface area contributed by atoms with Crippen LogP contribution in [0.4, 0.5) is 4.79 Å². The Labute approximate surface area is 405 Å². The molecule has 0 radical (unpaired) electrons. The number of H-pyrrole nitrogens is 1. The highest BCUT2D eigenvalue weighted by Gasteiger charge is 2.47. The van der Waals surface area contributed by atoms with Gasteiger partial charge in [-0.3, -0.25) is 37.0 Å². The molecule has 2 amide bonds. The van der Waals surface area contributed by atoms with Crippen molar-refractivity contribution < 1.29 is 45.7 Å². The fraction of sp³-hybridized carbons (Fsp3) is 0.478. The number of carbonyl (C=O) groups is 2. The van der Waals surface area contributed by atoms with Gasteiger partial charge in [0.1, 0.15) is 6.04 Å². The van der Waals surface area contributed by atoms with Crippen LogP contribution in [0, 0.1) is 18.3 Å². The Morgan fingerprint density at radius 3 is 1.94 bits per heavy atom. The Morgan fingerprint density at radius 2 is 1.44 bits per heavy atom. The van der Waals surface area contributed by atoms with E-state index in [0.29, 0.717) is 5.56 Å². The molecule has 68 heavy (non-hydrogen) atoms. The van der Waals surface area contributed by atoms with Gasteiger partial charge < -0.3 is 33.7 Å². The lowest BCUT2D eigenvalue weighted by atomic mass is 9.75. The molecule has 0 spiro atoms. The van der Waals surface area contributed by atoms with Crippen LogP contribution in [0.25, 0.3) is 0 Å². The van der Waals surface area contributed by atoms with Gasteiger partial charge in [-0.25, -0.2) is 14.3 Å². The zero-order valence-electron chi connectivity index (χ0n) is 38.4. The van der Waals surface area contributed by atoms with E-state index in [2.05, 4.69) is 20.5 Å². The SMILES string of the molecule is Cc1cn([C@H]2CN(C(c3ccccc3)(c3ccccc3)c3ccccc3)C[C@@H](COP(=O)(Cl)N3CCC(NC(=O)C(CC(C)(C)C(S(=O)[O-])S(=O)[O-])NC(=O)OCC(C)C)CC3)O2)c(=O)[nH]c1=O. The van der Waals surface area contributed by atoms with Gasteiger partial charge in [-0.1, -0.05) is 119 Å². The molecular formula is C46H58ClN6O12PS2-2. The molecule has 2 aliphatic heterocycles. The van der Waals surface area contributed by atoms with Crippen LogP contribution in [0.2, 0.25) is 0 Å². The number of alkyl carbamates (subject to hydrolysis) is 1. The molecule has 2 saturated heterocycles. The van der Waals surface area contributed by atoms with Crippen LogP contribution < -0.4 is 21.9 Å². The fourth-order valence-electron chi connectivity index (χ4n) is 8.87. The first-order valence-corrected chi connectivity index (χ1v) is 27.0. The van der Waals surface area contributed by atoms with Crippen molar-refractivity contribution in [3.8, 4) is 0 Å². The largest absolute Gasteiger partial charge is 0.771 e. The average molecular weight is 1020 g/mol. The van der Waals surface area contributed by atoms with E-state index in [4.69, 9.17) is 25.2 Å². The molecule has 370 valence electrons. The Hall–Kier alpha value is -4.34. The van der Waals surface area contributed by atoms with Gasteiger partial charge in [-0.2, -0.15) is 0 Å². The summed E-state index contributed by atoms with van der Waals surface area (Å²) < 4.78 is 80.9. The van der Waals surface area contributed by atoms with E-state index < -0.39 is 92.2 Å². The number of hydrogen-bond acceptors (Lipinski definition) is 13. The summed E-state index contributed by atoms with van der Waals surface area (Å²) in [5, 5.41) is 5.34. The molecule has 4 aromatic rings. The second-order valence-corrected chi connectivity index (χ2v) is 23.4.